The number of benzene rings is 1. The minimum absolute atomic E-state index is 0.107. The van der Waals surface area contributed by atoms with Gasteiger partial charge in [-0.2, -0.15) is 18.3 Å². The number of aromatic hydroxyl groups is 2. The highest BCUT2D eigenvalue weighted by Gasteiger charge is 2.39. The molecule has 8 nitrogen and oxygen atoms in total. The molecule has 0 aliphatic carbocycles. The maximum atomic E-state index is 13.2. The summed E-state index contributed by atoms with van der Waals surface area (Å²) in [4.78, 5) is 6.53. The van der Waals surface area contributed by atoms with Gasteiger partial charge in [0.05, 0.1) is 42.6 Å². The second-order valence-corrected chi connectivity index (χ2v) is 8.87. The zero-order valence-electron chi connectivity index (χ0n) is 18.6. The molecule has 4 heterocycles. The highest BCUT2D eigenvalue weighted by atomic mass is 19.4. The van der Waals surface area contributed by atoms with Gasteiger partial charge in [0.15, 0.2) is 5.82 Å². The predicted octanol–water partition coefficient (Wildman–Crippen LogP) is 4.30. The minimum Gasteiger partial charge on any atom is -0.508 e. The zero-order chi connectivity index (χ0) is 24.2. The van der Waals surface area contributed by atoms with Crippen molar-refractivity contribution in [2.75, 3.05) is 23.4 Å². The van der Waals surface area contributed by atoms with E-state index in [0.717, 1.165) is 18.9 Å². The van der Waals surface area contributed by atoms with Crippen molar-refractivity contribution in [3.05, 3.63) is 41.1 Å². The van der Waals surface area contributed by atoms with Crippen molar-refractivity contribution in [3.8, 4) is 11.6 Å². The van der Waals surface area contributed by atoms with Crippen molar-refractivity contribution in [2.45, 2.75) is 51.0 Å². The van der Waals surface area contributed by atoms with Crippen LogP contribution in [0.15, 0.2) is 24.3 Å². The lowest BCUT2D eigenvalue weighted by molar-refractivity contribution is -0.137. The molecule has 34 heavy (non-hydrogen) atoms. The number of hydrogen-bond acceptors (Lipinski definition) is 8. The van der Waals surface area contributed by atoms with Gasteiger partial charge in [-0.05, 0) is 56.5 Å². The third-order valence-electron chi connectivity index (χ3n) is 6.52. The lowest BCUT2D eigenvalue weighted by Gasteiger charge is -2.36. The number of phenolic OH excluding ortho intramolecular Hbond substituents is 1. The number of halogens is 3. The van der Waals surface area contributed by atoms with Gasteiger partial charge in [-0.3, -0.25) is 0 Å². The first kappa shape index (κ1) is 22.5. The number of anilines is 2. The molecule has 11 heteroatoms. The summed E-state index contributed by atoms with van der Waals surface area (Å²) < 4.78 is 45.3. The highest BCUT2D eigenvalue weighted by molar-refractivity contribution is 5.93. The molecule has 0 amide bonds. The molecule has 2 fully saturated rings. The number of fused-ring (bicyclic) bond motifs is 3. The molecule has 0 spiro atoms. The molecular weight excluding hydrogens is 451 g/mol. The third kappa shape index (κ3) is 3.93. The average Bonchev–Trinajstić information content (AvgIpc) is 3.02. The maximum absolute atomic E-state index is 13.2. The Balaban J connectivity index is 1.54. The van der Waals surface area contributed by atoms with Gasteiger partial charge in [0, 0.05) is 5.39 Å². The molecular formula is C23H24F3N5O3. The number of nitrogens with one attached hydrogen (secondary N) is 1. The van der Waals surface area contributed by atoms with E-state index in [2.05, 4.69) is 25.4 Å². The fourth-order valence-corrected chi connectivity index (χ4v) is 4.83. The molecule has 0 radical (unpaired) electrons. The van der Waals surface area contributed by atoms with E-state index in [1.165, 1.54) is 6.07 Å². The van der Waals surface area contributed by atoms with Crippen LogP contribution in [0.5, 0.6) is 11.6 Å². The Morgan fingerprint density at radius 3 is 2.47 bits per heavy atom. The fraction of sp³-hybridized carbons (Fsp3) is 0.435. The van der Waals surface area contributed by atoms with Gasteiger partial charge in [-0.25, -0.2) is 4.98 Å². The number of nitrogens with zero attached hydrogens (tertiary/aromatic N) is 4. The molecule has 3 aromatic rings. The van der Waals surface area contributed by atoms with Crippen molar-refractivity contribution >= 4 is 22.4 Å². The number of rotatable bonds is 4. The topological polar surface area (TPSA) is 104 Å². The van der Waals surface area contributed by atoms with Crippen molar-refractivity contribution in [1.82, 2.24) is 15.2 Å². The molecule has 2 unspecified atom stereocenters. The summed E-state index contributed by atoms with van der Waals surface area (Å²) >= 11 is 0. The van der Waals surface area contributed by atoms with E-state index in [9.17, 15) is 23.4 Å². The lowest BCUT2D eigenvalue weighted by atomic mass is 10.0. The molecule has 2 aliphatic rings. The highest BCUT2D eigenvalue weighted by Crippen LogP contribution is 2.41. The molecule has 5 rings (SSSR count). The second-order valence-electron chi connectivity index (χ2n) is 8.87. The zero-order valence-corrected chi connectivity index (χ0v) is 18.6. The SMILES string of the molecule is Cc1nnc(N[C@H](C)c2cc(O)cc(C(F)(F)F)c2)c2cc(N3C4CCC3COC4)c(O)nc12. The summed E-state index contributed by atoms with van der Waals surface area (Å²) in [5.74, 6) is -0.265. The van der Waals surface area contributed by atoms with Gasteiger partial charge < -0.3 is 25.2 Å². The molecule has 180 valence electrons. The van der Waals surface area contributed by atoms with Crippen LogP contribution in [0, 0.1) is 6.92 Å². The van der Waals surface area contributed by atoms with Crippen molar-refractivity contribution in [3.63, 3.8) is 0 Å². The molecule has 2 aromatic heterocycles. The van der Waals surface area contributed by atoms with Crippen LogP contribution >= 0.6 is 0 Å². The van der Waals surface area contributed by atoms with Crippen molar-refractivity contribution in [1.29, 1.82) is 0 Å². The van der Waals surface area contributed by atoms with E-state index < -0.39 is 23.5 Å². The Morgan fingerprint density at radius 1 is 1.09 bits per heavy atom. The summed E-state index contributed by atoms with van der Waals surface area (Å²) in [5, 5.41) is 32.6. The summed E-state index contributed by atoms with van der Waals surface area (Å²) in [7, 11) is 0. The molecule has 2 bridgehead atoms. The number of alkyl halides is 3. The summed E-state index contributed by atoms with van der Waals surface area (Å²) in [6.07, 6.45) is -2.68. The minimum atomic E-state index is -4.59. The third-order valence-corrected chi connectivity index (χ3v) is 6.52. The molecule has 0 saturated carbocycles. The van der Waals surface area contributed by atoms with Crippen molar-refractivity contribution < 1.29 is 28.1 Å². The lowest BCUT2D eigenvalue weighted by Crippen LogP contribution is -2.46. The quantitative estimate of drug-likeness (QED) is 0.513. The van der Waals surface area contributed by atoms with Gasteiger partial charge in [0.1, 0.15) is 17.0 Å². The van der Waals surface area contributed by atoms with Crippen LogP contribution in [0.2, 0.25) is 0 Å². The Bertz CT molecular complexity index is 1240. The van der Waals surface area contributed by atoms with Gasteiger partial charge in [-0.1, -0.05) is 0 Å². The number of aryl methyl sites for hydroxylation is 1. The molecule has 2 aliphatic heterocycles. The number of pyridine rings is 1. The van der Waals surface area contributed by atoms with E-state index in [-0.39, 0.29) is 23.5 Å². The van der Waals surface area contributed by atoms with Gasteiger partial charge in [0.2, 0.25) is 5.88 Å². The van der Waals surface area contributed by atoms with Gasteiger partial charge in [0.25, 0.3) is 0 Å². The van der Waals surface area contributed by atoms with Crippen LogP contribution in [0.3, 0.4) is 0 Å². The van der Waals surface area contributed by atoms with Gasteiger partial charge in [-0.15, -0.1) is 5.10 Å². The summed E-state index contributed by atoms with van der Waals surface area (Å²) in [6, 6.07) is 4.40. The van der Waals surface area contributed by atoms with E-state index in [1.54, 1.807) is 19.9 Å². The van der Waals surface area contributed by atoms with Crippen LogP contribution in [0.4, 0.5) is 24.7 Å². The van der Waals surface area contributed by atoms with Crippen molar-refractivity contribution in [2.24, 2.45) is 0 Å². The van der Waals surface area contributed by atoms with Gasteiger partial charge >= 0.3 is 6.18 Å². The predicted molar refractivity (Wildman–Crippen MR) is 119 cm³/mol. The Morgan fingerprint density at radius 2 is 1.79 bits per heavy atom. The molecule has 3 N–H and O–H groups in total. The number of phenols is 1. The van der Waals surface area contributed by atoms with E-state index in [1.807, 2.05) is 0 Å². The second kappa shape index (κ2) is 8.15. The smallest absolute Gasteiger partial charge is 0.416 e. The summed E-state index contributed by atoms with van der Waals surface area (Å²) in [6.45, 7) is 4.53. The van der Waals surface area contributed by atoms with Crippen LogP contribution in [0.1, 0.15) is 42.6 Å². The number of hydrogen-bond donors (Lipinski definition) is 3. The number of aromatic nitrogens is 3. The van der Waals surface area contributed by atoms with Crippen LogP contribution < -0.4 is 10.2 Å². The maximum Gasteiger partial charge on any atom is 0.416 e. The first-order chi connectivity index (χ1) is 16.1. The van der Waals surface area contributed by atoms with E-state index >= 15 is 0 Å². The monoisotopic (exact) mass is 475 g/mol. The first-order valence-electron chi connectivity index (χ1n) is 11.0. The van der Waals surface area contributed by atoms with E-state index in [0.29, 0.717) is 47.4 Å². The first-order valence-corrected chi connectivity index (χ1v) is 11.0. The van der Waals surface area contributed by atoms with Crippen LogP contribution in [-0.4, -0.2) is 50.7 Å². The number of ether oxygens (including phenoxy) is 1. The standard InChI is InChI=1S/C23H24F3N5O3/c1-11(13-5-14(23(24,25)26)7-17(32)6-13)27-21-18-8-19(22(33)28-20(18)12(2)29-30-21)31-15-3-4-16(31)10-34-9-15/h5-8,11,15-16,32H,3-4,9-10H2,1-2H3,(H,27,30)(H,28,33)/t11-,15?,16?/m1/s1. The number of morpholine rings is 1. The summed E-state index contributed by atoms with van der Waals surface area (Å²) in [5.41, 5.74) is 0.826. The van der Waals surface area contributed by atoms with E-state index in [4.69, 9.17) is 4.74 Å². The Hall–Kier alpha value is -3.34. The largest absolute Gasteiger partial charge is 0.508 e. The molecule has 2 saturated heterocycles. The van der Waals surface area contributed by atoms with Crippen LogP contribution in [0.25, 0.3) is 10.9 Å². The molecule has 3 atom stereocenters. The van der Waals surface area contributed by atoms with Crippen LogP contribution in [-0.2, 0) is 10.9 Å². The Labute approximate surface area is 193 Å². The fourth-order valence-electron chi connectivity index (χ4n) is 4.83. The normalized spacial score (nSPS) is 21.1. The molecule has 1 aromatic carbocycles. The average molecular weight is 475 g/mol. The Kier molecular flexibility index (Phi) is 5.38.